The number of nitrogens with zero attached hydrogens (tertiary/aromatic N) is 1. The molecule has 4 heteroatoms. The standard InChI is InChI=1S/C18H26N2O2/c1-12(2)18-11-20(13(3)21)16-10-14(6-7-17(16)22-18)9-15-5-4-8-19-15/h6-7,10,12,15,18-19H,4-5,8-9,11H2,1-3H3. The van der Waals surface area contributed by atoms with Gasteiger partial charge in [-0.25, -0.2) is 0 Å². The first-order chi connectivity index (χ1) is 10.5. The van der Waals surface area contributed by atoms with E-state index in [2.05, 4.69) is 31.3 Å². The van der Waals surface area contributed by atoms with Crippen LogP contribution in [-0.4, -0.2) is 31.1 Å². The molecule has 1 N–H and O–H groups in total. The Morgan fingerprint density at radius 3 is 2.91 bits per heavy atom. The minimum Gasteiger partial charge on any atom is -0.486 e. The highest BCUT2D eigenvalue weighted by Gasteiger charge is 2.30. The monoisotopic (exact) mass is 302 g/mol. The molecule has 2 atom stereocenters. The topological polar surface area (TPSA) is 41.6 Å². The van der Waals surface area contributed by atoms with Crippen molar-refractivity contribution in [1.82, 2.24) is 5.32 Å². The third-order valence-corrected chi connectivity index (χ3v) is 4.72. The van der Waals surface area contributed by atoms with Crippen molar-refractivity contribution in [1.29, 1.82) is 0 Å². The Morgan fingerprint density at radius 2 is 2.27 bits per heavy atom. The van der Waals surface area contributed by atoms with E-state index in [9.17, 15) is 4.79 Å². The van der Waals surface area contributed by atoms with E-state index in [0.717, 1.165) is 24.4 Å². The number of rotatable bonds is 3. The van der Waals surface area contributed by atoms with E-state index < -0.39 is 0 Å². The van der Waals surface area contributed by atoms with Crippen LogP contribution in [-0.2, 0) is 11.2 Å². The van der Waals surface area contributed by atoms with Crippen LogP contribution in [0.3, 0.4) is 0 Å². The van der Waals surface area contributed by atoms with Gasteiger partial charge < -0.3 is 15.0 Å². The Labute approximate surface area is 132 Å². The van der Waals surface area contributed by atoms with Gasteiger partial charge in [0.05, 0.1) is 12.2 Å². The second-order valence-corrected chi connectivity index (χ2v) is 6.83. The van der Waals surface area contributed by atoms with Crippen LogP contribution >= 0.6 is 0 Å². The lowest BCUT2D eigenvalue weighted by Gasteiger charge is -2.36. The van der Waals surface area contributed by atoms with E-state index >= 15 is 0 Å². The maximum Gasteiger partial charge on any atom is 0.224 e. The third kappa shape index (κ3) is 3.12. The van der Waals surface area contributed by atoms with Gasteiger partial charge in [0.2, 0.25) is 5.91 Å². The minimum absolute atomic E-state index is 0.0683. The highest BCUT2D eigenvalue weighted by atomic mass is 16.5. The van der Waals surface area contributed by atoms with Crippen molar-refractivity contribution in [3.05, 3.63) is 23.8 Å². The molecule has 2 aliphatic rings. The molecule has 120 valence electrons. The summed E-state index contributed by atoms with van der Waals surface area (Å²) in [7, 11) is 0. The molecule has 1 aromatic carbocycles. The van der Waals surface area contributed by atoms with Gasteiger partial charge in [-0.1, -0.05) is 19.9 Å². The van der Waals surface area contributed by atoms with E-state index in [1.165, 1.54) is 18.4 Å². The number of fused-ring (bicyclic) bond motifs is 1. The zero-order valence-corrected chi connectivity index (χ0v) is 13.8. The summed E-state index contributed by atoms with van der Waals surface area (Å²) in [5, 5.41) is 3.53. The van der Waals surface area contributed by atoms with Gasteiger partial charge in [-0.3, -0.25) is 4.79 Å². The smallest absolute Gasteiger partial charge is 0.224 e. The van der Waals surface area contributed by atoms with Gasteiger partial charge in [-0.15, -0.1) is 0 Å². The second-order valence-electron chi connectivity index (χ2n) is 6.83. The minimum atomic E-state index is 0.0683. The van der Waals surface area contributed by atoms with Crippen LogP contribution in [0.2, 0.25) is 0 Å². The molecular formula is C18H26N2O2. The quantitative estimate of drug-likeness (QED) is 0.933. The largest absolute Gasteiger partial charge is 0.486 e. The van der Waals surface area contributed by atoms with E-state index in [1.54, 1.807) is 6.92 Å². The average Bonchev–Trinajstić information content (AvgIpc) is 2.98. The first kappa shape index (κ1) is 15.3. The van der Waals surface area contributed by atoms with Crippen LogP contribution in [0.1, 0.15) is 39.2 Å². The van der Waals surface area contributed by atoms with Crippen LogP contribution in [0.25, 0.3) is 0 Å². The maximum atomic E-state index is 12.0. The van der Waals surface area contributed by atoms with Crippen LogP contribution in [0.15, 0.2) is 18.2 Å². The van der Waals surface area contributed by atoms with E-state index in [4.69, 9.17) is 4.74 Å². The third-order valence-electron chi connectivity index (χ3n) is 4.72. The van der Waals surface area contributed by atoms with Crippen molar-refractivity contribution in [2.45, 2.75) is 52.2 Å². The fourth-order valence-corrected chi connectivity index (χ4v) is 3.34. The zero-order valence-electron chi connectivity index (χ0n) is 13.8. The fraction of sp³-hybridized carbons (Fsp3) is 0.611. The molecule has 0 aliphatic carbocycles. The number of anilines is 1. The van der Waals surface area contributed by atoms with E-state index in [-0.39, 0.29) is 12.0 Å². The molecule has 0 bridgehead atoms. The number of benzene rings is 1. The summed E-state index contributed by atoms with van der Waals surface area (Å²) in [6.07, 6.45) is 3.58. The lowest BCUT2D eigenvalue weighted by atomic mass is 10.0. The SMILES string of the molecule is CC(=O)N1CC(C(C)C)Oc2ccc(CC3CCCN3)cc21. The van der Waals surface area contributed by atoms with E-state index in [1.807, 2.05) is 11.0 Å². The Kier molecular flexibility index (Phi) is 4.39. The number of carbonyl (C=O) groups is 1. The van der Waals surface area contributed by atoms with E-state index in [0.29, 0.717) is 18.5 Å². The highest BCUT2D eigenvalue weighted by molar-refractivity contribution is 5.93. The Bertz CT molecular complexity index is 550. The maximum absolute atomic E-state index is 12.0. The van der Waals surface area contributed by atoms with Gasteiger partial charge >= 0.3 is 0 Å². The summed E-state index contributed by atoms with van der Waals surface area (Å²) >= 11 is 0. The zero-order chi connectivity index (χ0) is 15.7. The summed E-state index contributed by atoms with van der Waals surface area (Å²) < 4.78 is 6.09. The van der Waals surface area contributed by atoms with Crippen molar-refractivity contribution in [3.63, 3.8) is 0 Å². The number of carbonyl (C=O) groups excluding carboxylic acids is 1. The summed E-state index contributed by atoms with van der Waals surface area (Å²) in [6.45, 7) is 7.67. The Hall–Kier alpha value is -1.55. The Balaban J connectivity index is 1.85. The fourth-order valence-electron chi connectivity index (χ4n) is 3.34. The van der Waals surface area contributed by atoms with Crippen molar-refractivity contribution in [2.75, 3.05) is 18.0 Å². The van der Waals surface area contributed by atoms with Crippen molar-refractivity contribution in [2.24, 2.45) is 5.92 Å². The van der Waals surface area contributed by atoms with Gasteiger partial charge in [-0.2, -0.15) is 0 Å². The molecule has 1 fully saturated rings. The predicted molar refractivity (Wildman–Crippen MR) is 88.5 cm³/mol. The summed E-state index contributed by atoms with van der Waals surface area (Å²) in [6, 6.07) is 6.87. The number of nitrogens with one attached hydrogen (secondary N) is 1. The molecule has 22 heavy (non-hydrogen) atoms. The molecule has 0 radical (unpaired) electrons. The van der Waals surface area contributed by atoms with Gasteiger partial charge in [-0.05, 0) is 49.4 Å². The molecule has 0 saturated carbocycles. The van der Waals surface area contributed by atoms with Crippen LogP contribution < -0.4 is 15.0 Å². The molecule has 0 spiro atoms. The molecule has 2 unspecified atom stereocenters. The van der Waals surface area contributed by atoms with Gasteiger partial charge in [0.15, 0.2) is 0 Å². The number of amides is 1. The lowest BCUT2D eigenvalue weighted by Crippen LogP contribution is -2.45. The average molecular weight is 302 g/mol. The molecule has 0 aromatic heterocycles. The molecule has 1 amide bonds. The lowest BCUT2D eigenvalue weighted by molar-refractivity contribution is -0.117. The van der Waals surface area contributed by atoms with Crippen molar-refractivity contribution in [3.8, 4) is 5.75 Å². The van der Waals surface area contributed by atoms with Crippen molar-refractivity contribution >= 4 is 11.6 Å². The first-order valence-corrected chi connectivity index (χ1v) is 8.35. The number of hydrogen-bond acceptors (Lipinski definition) is 3. The van der Waals surface area contributed by atoms with Gasteiger partial charge in [0.1, 0.15) is 11.9 Å². The van der Waals surface area contributed by atoms with Crippen LogP contribution in [0, 0.1) is 5.92 Å². The number of ether oxygens (including phenoxy) is 1. The van der Waals surface area contributed by atoms with Crippen LogP contribution in [0.5, 0.6) is 5.75 Å². The molecule has 2 heterocycles. The van der Waals surface area contributed by atoms with Crippen LogP contribution in [0.4, 0.5) is 5.69 Å². The summed E-state index contributed by atoms with van der Waals surface area (Å²) in [5.41, 5.74) is 2.20. The summed E-state index contributed by atoms with van der Waals surface area (Å²) in [4.78, 5) is 13.9. The van der Waals surface area contributed by atoms with Gasteiger partial charge in [0, 0.05) is 13.0 Å². The summed E-state index contributed by atoms with van der Waals surface area (Å²) in [5.74, 6) is 1.31. The molecule has 4 nitrogen and oxygen atoms in total. The Morgan fingerprint density at radius 1 is 1.45 bits per heavy atom. The molecule has 1 saturated heterocycles. The molecular weight excluding hydrogens is 276 g/mol. The van der Waals surface area contributed by atoms with Gasteiger partial charge in [0.25, 0.3) is 0 Å². The normalized spacial score (nSPS) is 24.3. The first-order valence-electron chi connectivity index (χ1n) is 8.35. The number of hydrogen-bond donors (Lipinski definition) is 1. The predicted octanol–water partition coefficient (Wildman–Crippen LogP) is 2.75. The molecule has 3 rings (SSSR count). The second kappa shape index (κ2) is 6.29. The van der Waals surface area contributed by atoms with Crippen molar-refractivity contribution < 1.29 is 9.53 Å². The highest BCUT2D eigenvalue weighted by Crippen LogP contribution is 2.36. The molecule has 1 aromatic rings. The molecule has 2 aliphatic heterocycles.